The number of carbonyl (C=O) groups is 1. The molecule has 2 bridgehead atoms. The van der Waals surface area contributed by atoms with E-state index in [1.807, 2.05) is 25.1 Å². The molecule has 0 spiro atoms. The normalized spacial score (nSPS) is 33.3. The minimum atomic E-state index is -1.93. The van der Waals surface area contributed by atoms with Gasteiger partial charge in [-0.1, -0.05) is 25.5 Å². The molecule has 1 aromatic carbocycles. The number of methoxy groups -OCH3 is 1. The summed E-state index contributed by atoms with van der Waals surface area (Å²) in [6.07, 6.45) is 0.899. The number of rotatable bonds is 4. The van der Waals surface area contributed by atoms with Crippen molar-refractivity contribution in [2.75, 3.05) is 7.11 Å². The van der Waals surface area contributed by atoms with Gasteiger partial charge in [0, 0.05) is 18.3 Å². The van der Waals surface area contributed by atoms with Gasteiger partial charge in [0.2, 0.25) is 5.91 Å². The maximum atomic E-state index is 12.8. The zero-order valence-corrected chi connectivity index (χ0v) is 15.2. The molecular formula is C20H20N4O3. The number of fused-ring (bicyclic) bond motifs is 2. The Labute approximate surface area is 157 Å². The van der Waals surface area contributed by atoms with Gasteiger partial charge in [0.05, 0.1) is 25.3 Å². The minimum absolute atomic E-state index is 0.270. The van der Waals surface area contributed by atoms with Crippen molar-refractivity contribution in [2.24, 2.45) is 16.7 Å². The van der Waals surface area contributed by atoms with E-state index in [9.17, 15) is 25.7 Å². The fraction of sp³-hybridized carbons (Fsp3) is 0.500. The lowest BCUT2D eigenvalue weighted by molar-refractivity contribution is -0.128. The number of nitrogens with one attached hydrogen (secondary N) is 1. The third-order valence-corrected chi connectivity index (χ3v) is 6.03. The molecule has 7 nitrogen and oxygen atoms in total. The zero-order valence-electron chi connectivity index (χ0n) is 15.2. The monoisotopic (exact) mass is 364 g/mol. The van der Waals surface area contributed by atoms with Crippen LogP contribution in [0.3, 0.4) is 0 Å². The molecule has 4 atom stereocenters. The predicted octanol–water partition coefficient (Wildman–Crippen LogP) is 1.96. The van der Waals surface area contributed by atoms with Crippen molar-refractivity contribution in [1.82, 2.24) is 5.32 Å². The number of nitrogens with zero attached hydrogens (tertiary/aromatic N) is 3. The van der Waals surface area contributed by atoms with Crippen molar-refractivity contribution in [3.05, 3.63) is 29.8 Å². The molecule has 0 radical (unpaired) electrons. The van der Waals surface area contributed by atoms with Gasteiger partial charge in [0.1, 0.15) is 11.5 Å². The van der Waals surface area contributed by atoms with Gasteiger partial charge in [-0.2, -0.15) is 15.8 Å². The largest absolute Gasteiger partial charge is 0.497 e. The van der Waals surface area contributed by atoms with Crippen LogP contribution in [0.2, 0.25) is 0 Å². The first-order valence-corrected chi connectivity index (χ1v) is 8.80. The van der Waals surface area contributed by atoms with E-state index in [2.05, 4.69) is 5.32 Å². The maximum absolute atomic E-state index is 12.8. The molecule has 1 aliphatic heterocycles. The van der Waals surface area contributed by atoms with Crippen LogP contribution in [0.5, 0.6) is 5.75 Å². The summed E-state index contributed by atoms with van der Waals surface area (Å²) in [6.45, 7) is 1.93. The molecule has 138 valence electrons. The van der Waals surface area contributed by atoms with E-state index in [0.717, 1.165) is 0 Å². The Morgan fingerprint density at radius 1 is 1.22 bits per heavy atom. The second-order valence-corrected chi connectivity index (χ2v) is 7.25. The van der Waals surface area contributed by atoms with Crippen LogP contribution in [0.25, 0.3) is 0 Å². The van der Waals surface area contributed by atoms with E-state index in [4.69, 9.17) is 4.74 Å². The van der Waals surface area contributed by atoms with E-state index in [0.29, 0.717) is 24.2 Å². The smallest absolute Gasteiger partial charge is 0.245 e. The molecular weight excluding hydrogens is 344 g/mol. The van der Waals surface area contributed by atoms with Crippen molar-refractivity contribution >= 4 is 5.91 Å². The Morgan fingerprint density at radius 3 is 2.33 bits per heavy atom. The van der Waals surface area contributed by atoms with Gasteiger partial charge >= 0.3 is 0 Å². The van der Waals surface area contributed by atoms with Crippen molar-refractivity contribution in [3.8, 4) is 24.0 Å². The van der Waals surface area contributed by atoms with E-state index >= 15 is 0 Å². The lowest BCUT2D eigenvalue weighted by atomic mass is 9.48. The van der Waals surface area contributed by atoms with Gasteiger partial charge in [0.15, 0.2) is 10.8 Å². The molecule has 27 heavy (non-hydrogen) atoms. The number of hydrogen-bond acceptors (Lipinski definition) is 6. The van der Waals surface area contributed by atoms with E-state index in [1.54, 1.807) is 24.3 Å². The summed E-state index contributed by atoms with van der Waals surface area (Å²) in [4.78, 5) is 12.8. The lowest BCUT2D eigenvalue weighted by Gasteiger charge is -2.49. The Hall–Kier alpha value is -3.08. The average molecular weight is 364 g/mol. The molecule has 3 rings (SSSR count). The van der Waals surface area contributed by atoms with E-state index in [-0.39, 0.29) is 6.42 Å². The molecule has 1 aromatic rings. The maximum Gasteiger partial charge on any atom is 0.245 e. The Bertz CT molecular complexity index is 878. The highest BCUT2D eigenvalue weighted by Gasteiger charge is 2.76. The van der Waals surface area contributed by atoms with E-state index < -0.39 is 34.3 Å². The quantitative estimate of drug-likeness (QED) is 0.840. The summed E-state index contributed by atoms with van der Waals surface area (Å²) in [5.41, 5.74) is -4.86. The first-order chi connectivity index (χ1) is 12.9. The number of benzene rings is 1. The SMILES string of the molecule is CCC[C@H]1[C@@H](c2ccc(OC)cc2)C(C#N)(C#N)[C@]2(C#N)C[C@]1(O)NC2=O. The fourth-order valence-corrected chi connectivity index (χ4v) is 4.76. The number of nitriles is 3. The van der Waals surface area contributed by atoms with Gasteiger partial charge in [0.25, 0.3) is 0 Å². The first-order valence-electron chi connectivity index (χ1n) is 8.80. The third-order valence-electron chi connectivity index (χ3n) is 6.03. The second kappa shape index (κ2) is 6.27. The third kappa shape index (κ3) is 2.24. The molecule has 0 aromatic heterocycles. The number of hydrogen-bond donors (Lipinski definition) is 2. The number of ether oxygens (including phenoxy) is 1. The summed E-state index contributed by atoms with van der Waals surface area (Å²) >= 11 is 0. The van der Waals surface area contributed by atoms with Crippen molar-refractivity contribution in [2.45, 2.75) is 37.8 Å². The van der Waals surface area contributed by atoms with Gasteiger partial charge < -0.3 is 15.2 Å². The highest BCUT2D eigenvalue weighted by atomic mass is 16.5. The van der Waals surface area contributed by atoms with Crippen LogP contribution >= 0.6 is 0 Å². The first kappa shape index (κ1) is 18.7. The molecule has 2 N–H and O–H groups in total. The van der Waals surface area contributed by atoms with Gasteiger partial charge in [-0.25, -0.2) is 0 Å². The van der Waals surface area contributed by atoms with Crippen LogP contribution in [0.1, 0.15) is 37.7 Å². The fourth-order valence-electron chi connectivity index (χ4n) is 4.76. The van der Waals surface area contributed by atoms with Crippen LogP contribution < -0.4 is 10.1 Å². The molecule has 2 aliphatic rings. The molecule has 1 saturated heterocycles. The van der Waals surface area contributed by atoms with Crippen LogP contribution in [0.4, 0.5) is 0 Å². The van der Waals surface area contributed by atoms with Crippen LogP contribution in [0.15, 0.2) is 24.3 Å². The average Bonchev–Trinajstić information content (AvgIpc) is 2.94. The lowest BCUT2D eigenvalue weighted by Crippen LogP contribution is -2.57. The molecule has 7 heteroatoms. The van der Waals surface area contributed by atoms with Crippen LogP contribution in [0, 0.1) is 50.7 Å². The summed E-state index contributed by atoms with van der Waals surface area (Å²) < 4.78 is 5.17. The summed E-state index contributed by atoms with van der Waals surface area (Å²) in [7, 11) is 1.53. The standard InChI is InChI=1S/C20H20N4O3/c1-3-4-15-16(13-5-7-14(27-2)8-6-13)19(11-22,12-23)18(10-21)9-20(15,26)24-17(18)25/h5-8,15-16,26H,3-4,9H2,1-2H3,(H,24,25)/t15-,16+,18-,20+/m0/s1. The van der Waals surface area contributed by atoms with Crippen LogP contribution in [-0.4, -0.2) is 23.8 Å². The molecule has 1 heterocycles. The van der Waals surface area contributed by atoms with Gasteiger partial charge in [-0.3, -0.25) is 4.79 Å². The summed E-state index contributed by atoms with van der Waals surface area (Å²) in [5.74, 6) is -1.54. The molecule has 1 saturated carbocycles. The second-order valence-electron chi connectivity index (χ2n) is 7.25. The Balaban J connectivity index is 2.31. The molecule has 0 unspecified atom stereocenters. The zero-order chi connectivity index (χ0) is 19.9. The number of amides is 1. The van der Waals surface area contributed by atoms with Crippen LogP contribution in [-0.2, 0) is 4.79 Å². The van der Waals surface area contributed by atoms with Gasteiger partial charge in [-0.15, -0.1) is 0 Å². The topological polar surface area (TPSA) is 130 Å². The Morgan fingerprint density at radius 2 is 1.85 bits per heavy atom. The minimum Gasteiger partial charge on any atom is -0.497 e. The summed E-state index contributed by atoms with van der Waals surface area (Å²) in [6, 6.07) is 12.8. The molecule has 1 amide bonds. The molecule has 2 fully saturated rings. The number of carbonyl (C=O) groups excluding carboxylic acids is 1. The summed E-state index contributed by atoms with van der Waals surface area (Å²) in [5, 5.41) is 43.7. The van der Waals surface area contributed by atoms with E-state index in [1.165, 1.54) is 7.11 Å². The van der Waals surface area contributed by atoms with Crippen molar-refractivity contribution in [3.63, 3.8) is 0 Å². The molecule has 1 aliphatic carbocycles. The highest BCUT2D eigenvalue weighted by molar-refractivity contribution is 5.92. The van der Waals surface area contributed by atoms with Gasteiger partial charge in [-0.05, 0) is 24.1 Å². The Kier molecular flexibility index (Phi) is 4.34. The van der Waals surface area contributed by atoms with Crippen molar-refractivity contribution < 1.29 is 14.6 Å². The predicted molar refractivity (Wildman–Crippen MR) is 93.5 cm³/mol. The number of aliphatic hydroxyl groups is 1. The highest BCUT2D eigenvalue weighted by Crippen LogP contribution is 2.65. The van der Waals surface area contributed by atoms with Crippen molar-refractivity contribution in [1.29, 1.82) is 15.8 Å².